The van der Waals surface area contributed by atoms with Crippen molar-refractivity contribution in [2.24, 2.45) is 28.5 Å². The van der Waals surface area contributed by atoms with E-state index < -0.39 is 107 Å². The predicted octanol–water partition coefficient (Wildman–Crippen LogP) is -2.13. The van der Waals surface area contributed by atoms with E-state index in [2.05, 4.69) is 31.9 Å². The number of aliphatic carboxylic acids is 4. The topological polar surface area (TPSA) is 455 Å². The number of hydrogen-bond acceptors (Lipinski definition) is 19. The zero-order chi connectivity index (χ0) is 67.1. The fourth-order valence-electron chi connectivity index (χ4n) is 10.7. The Labute approximate surface area is 527 Å². The Morgan fingerprint density at radius 2 is 1.02 bits per heavy atom. The maximum absolute atomic E-state index is 14.7. The van der Waals surface area contributed by atoms with Crippen LogP contribution in [0.3, 0.4) is 0 Å². The summed E-state index contributed by atoms with van der Waals surface area (Å²) in [5.41, 5.74) is 17.6. The molecule has 17 N–H and O–H groups in total. The number of carbonyl (C=O) groups excluding carboxylic acids is 7. The van der Waals surface area contributed by atoms with Crippen LogP contribution in [0.15, 0.2) is 24.3 Å². The van der Waals surface area contributed by atoms with Crippen LogP contribution in [0, 0.1) is 11.3 Å². The van der Waals surface area contributed by atoms with Gasteiger partial charge in [-0.3, -0.25) is 67.5 Å². The first-order chi connectivity index (χ1) is 42.5. The van der Waals surface area contributed by atoms with Crippen LogP contribution in [0.4, 0.5) is 0 Å². The third-order valence-corrected chi connectivity index (χ3v) is 15.7. The Morgan fingerprint density at radius 1 is 0.556 bits per heavy atom. The highest BCUT2D eigenvalue weighted by molar-refractivity contribution is 5.97. The van der Waals surface area contributed by atoms with Crippen molar-refractivity contribution in [2.75, 3.05) is 105 Å². The molecule has 90 heavy (non-hydrogen) atoms. The number of phenols is 1. The molecular weight excluding hydrogens is 1170 g/mol. The maximum Gasteiger partial charge on any atom is 0.326 e. The minimum atomic E-state index is -1.34. The molecule has 7 atom stereocenters. The van der Waals surface area contributed by atoms with E-state index in [4.69, 9.17) is 17.2 Å². The maximum atomic E-state index is 14.7. The van der Waals surface area contributed by atoms with Crippen molar-refractivity contribution in [3.05, 3.63) is 29.8 Å². The van der Waals surface area contributed by atoms with E-state index in [1.807, 2.05) is 13.8 Å². The van der Waals surface area contributed by atoms with Crippen molar-refractivity contribution in [2.45, 2.75) is 160 Å². The molecule has 1 aromatic carbocycles. The summed E-state index contributed by atoms with van der Waals surface area (Å²) in [6.07, 6.45) is 3.70. The fraction of sp³-hybridized carbons (Fsp3) is 0.717. The number of unbranched alkanes of at least 4 members (excludes halogenated alkanes) is 3. The van der Waals surface area contributed by atoms with Gasteiger partial charge in [0.1, 0.15) is 42.0 Å². The average Bonchev–Trinajstić information content (AvgIpc) is 1.82. The van der Waals surface area contributed by atoms with E-state index >= 15 is 0 Å². The standard InChI is InChI=1S/C60H102N14O16/c1-39(2)33-46(59(89)90)68-57(87)52(60(3,4)5)69-55(85)45(34-40-17-19-41(75)20-18-40)67-56(86)47-16-12-24-74(47)58(88)44(15-7-10-22-62)66-54(84)43(14-6-9-21-61)65-53(83)42(63)13-8-11-23-64-48(76)35-70-25-27-71(36-49(77)78)29-31-73(38-51(81)82)32-30-72(28-26-70)37-50(79)80/h17-20,39,42-47,52,75H,6-16,21-38,61-63H2,1-5H3,(H,64,76)(H,65,83)(H,66,84)(H,67,86)(H,68,87)(H,69,85)(H,77,78)(H,79,80)(H,81,82)(H,89,90)/t42?,43-,44-,45-,46-,47-,52+/m0/s1. The first kappa shape index (κ1) is 77.2. The second-order valence-corrected chi connectivity index (χ2v) is 24.9. The largest absolute Gasteiger partial charge is 0.508 e. The number of phenolic OH excluding ortho intramolecular Hbond substituents is 1. The van der Waals surface area contributed by atoms with E-state index in [-0.39, 0.29) is 154 Å². The minimum Gasteiger partial charge on any atom is -0.508 e. The van der Waals surface area contributed by atoms with Crippen LogP contribution in [0.5, 0.6) is 5.75 Å². The van der Waals surface area contributed by atoms with Gasteiger partial charge in [0.15, 0.2) is 0 Å². The van der Waals surface area contributed by atoms with Gasteiger partial charge in [0.25, 0.3) is 0 Å². The van der Waals surface area contributed by atoms with Gasteiger partial charge in [-0.25, -0.2) is 4.79 Å². The van der Waals surface area contributed by atoms with Crippen LogP contribution in [0.2, 0.25) is 0 Å². The lowest BCUT2D eigenvalue weighted by Gasteiger charge is -2.33. The number of rotatable bonds is 37. The molecule has 0 saturated carbocycles. The highest BCUT2D eigenvalue weighted by atomic mass is 16.4. The van der Waals surface area contributed by atoms with Gasteiger partial charge in [-0.15, -0.1) is 0 Å². The number of nitrogens with two attached hydrogens (primary N) is 3. The van der Waals surface area contributed by atoms with Crippen molar-refractivity contribution in [3.8, 4) is 5.75 Å². The van der Waals surface area contributed by atoms with Crippen LogP contribution in [-0.2, 0) is 59.2 Å². The molecule has 0 aliphatic carbocycles. The van der Waals surface area contributed by atoms with Crippen LogP contribution in [0.1, 0.15) is 117 Å². The summed E-state index contributed by atoms with van der Waals surface area (Å²) >= 11 is 0. The Morgan fingerprint density at radius 3 is 1.50 bits per heavy atom. The van der Waals surface area contributed by atoms with Gasteiger partial charge in [-0.05, 0) is 119 Å². The lowest BCUT2D eigenvalue weighted by molar-refractivity contribution is -0.144. The fourth-order valence-corrected chi connectivity index (χ4v) is 10.7. The Kier molecular flexibility index (Phi) is 34.2. The van der Waals surface area contributed by atoms with Crippen molar-refractivity contribution in [3.63, 3.8) is 0 Å². The number of likely N-dealkylation sites (tertiary alicyclic amines) is 1. The highest BCUT2D eigenvalue weighted by Crippen LogP contribution is 2.24. The molecule has 2 heterocycles. The Balaban J connectivity index is 1.71. The zero-order valence-electron chi connectivity index (χ0n) is 53.1. The number of carboxylic acid groups (broad SMARTS) is 4. The van der Waals surface area contributed by atoms with E-state index in [0.717, 1.165) is 0 Å². The Hall–Kier alpha value is -7.09. The van der Waals surface area contributed by atoms with Crippen LogP contribution in [-0.4, -0.2) is 262 Å². The van der Waals surface area contributed by atoms with Crippen LogP contribution in [0.25, 0.3) is 0 Å². The van der Waals surface area contributed by atoms with Crippen LogP contribution < -0.4 is 49.1 Å². The minimum absolute atomic E-state index is 0.0437. The number of aromatic hydroxyl groups is 1. The molecule has 3 rings (SSSR count). The SMILES string of the molecule is CC(C)C[C@H](NC(=O)[C@@H](NC(=O)[C@H](Cc1ccc(O)cc1)NC(=O)[C@@H]1CCCN1C(=O)[C@H](CCCCN)NC(=O)[C@H](CCCCN)NC(=O)C(N)CCCCNC(=O)CN1CCN(CC(=O)O)CCN(CC(=O)O)CCN(CC(=O)O)CC1)C(C)(C)C)C(=O)O. The molecule has 508 valence electrons. The van der Waals surface area contributed by atoms with Gasteiger partial charge >= 0.3 is 23.9 Å². The average molecular weight is 1280 g/mol. The Bertz CT molecular complexity index is 2470. The summed E-state index contributed by atoms with van der Waals surface area (Å²) in [5, 5.41) is 65.0. The molecule has 2 aliphatic heterocycles. The summed E-state index contributed by atoms with van der Waals surface area (Å²) in [5.74, 6) is -9.02. The number of amides is 7. The second-order valence-electron chi connectivity index (χ2n) is 24.9. The molecule has 2 saturated heterocycles. The number of carboxylic acids is 4. The van der Waals surface area contributed by atoms with E-state index in [1.54, 1.807) is 52.5 Å². The third kappa shape index (κ3) is 29.2. The molecule has 2 fully saturated rings. The molecule has 30 heteroatoms. The summed E-state index contributed by atoms with van der Waals surface area (Å²) in [6.45, 7) is 10.5. The van der Waals surface area contributed by atoms with Gasteiger partial charge in [-0.2, -0.15) is 0 Å². The van der Waals surface area contributed by atoms with Gasteiger partial charge < -0.3 is 79.5 Å². The lowest BCUT2D eigenvalue weighted by atomic mass is 9.85. The number of nitrogens with zero attached hydrogens (tertiary/aromatic N) is 5. The smallest absolute Gasteiger partial charge is 0.326 e. The zero-order valence-corrected chi connectivity index (χ0v) is 53.1. The number of carbonyl (C=O) groups is 11. The molecular formula is C60H102N14O16. The first-order valence-electron chi connectivity index (χ1n) is 31.3. The van der Waals surface area contributed by atoms with Gasteiger partial charge in [0.2, 0.25) is 41.4 Å². The normalized spacial score (nSPS) is 17.9. The molecule has 30 nitrogen and oxygen atoms in total. The number of benzene rings is 1. The molecule has 1 unspecified atom stereocenters. The van der Waals surface area contributed by atoms with Gasteiger partial charge in [0, 0.05) is 71.9 Å². The third-order valence-electron chi connectivity index (χ3n) is 15.7. The summed E-state index contributed by atoms with van der Waals surface area (Å²) in [4.78, 5) is 154. The first-order valence-corrected chi connectivity index (χ1v) is 31.3. The quantitative estimate of drug-likeness (QED) is 0.0317. The summed E-state index contributed by atoms with van der Waals surface area (Å²) < 4.78 is 0. The van der Waals surface area contributed by atoms with Crippen molar-refractivity contribution < 1.29 is 78.3 Å². The summed E-state index contributed by atoms with van der Waals surface area (Å²) in [7, 11) is 0. The van der Waals surface area contributed by atoms with Crippen molar-refractivity contribution in [1.82, 2.24) is 56.4 Å². The van der Waals surface area contributed by atoms with Crippen LogP contribution >= 0.6 is 0 Å². The van der Waals surface area contributed by atoms with E-state index in [9.17, 15) is 78.3 Å². The number of nitrogens with one attached hydrogen (secondary N) is 6. The molecule has 2 aliphatic rings. The molecule has 0 radical (unpaired) electrons. The predicted molar refractivity (Wildman–Crippen MR) is 332 cm³/mol. The lowest BCUT2D eigenvalue weighted by Crippen LogP contribution is -2.61. The van der Waals surface area contributed by atoms with Gasteiger partial charge in [-0.1, -0.05) is 46.8 Å². The second kappa shape index (κ2) is 39.9. The molecule has 1 aromatic rings. The van der Waals surface area contributed by atoms with Gasteiger partial charge in [0.05, 0.1) is 32.2 Å². The monoisotopic (exact) mass is 1270 g/mol. The molecule has 0 aromatic heterocycles. The van der Waals surface area contributed by atoms with Crippen molar-refractivity contribution >= 4 is 65.2 Å². The van der Waals surface area contributed by atoms with Crippen molar-refractivity contribution in [1.29, 1.82) is 0 Å². The molecule has 7 amide bonds. The number of hydrogen-bond donors (Lipinski definition) is 14. The molecule has 0 spiro atoms. The van der Waals surface area contributed by atoms with E-state index in [1.165, 1.54) is 17.0 Å². The highest BCUT2D eigenvalue weighted by Gasteiger charge is 2.41. The summed E-state index contributed by atoms with van der Waals surface area (Å²) in [6, 6.07) is -2.40. The van der Waals surface area contributed by atoms with E-state index in [0.29, 0.717) is 57.1 Å². The molecule has 0 bridgehead atoms.